The second kappa shape index (κ2) is 3.96. The molecule has 1 aromatic heterocycles. The van der Waals surface area contributed by atoms with E-state index >= 15 is 0 Å². The van der Waals surface area contributed by atoms with Gasteiger partial charge in [0.25, 0.3) is 0 Å². The Morgan fingerprint density at radius 2 is 2.00 bits per heavy atom. The summed E-state index contributed by atoms with van der Waals surface area (Å²) in [6.07, 6.45) is 7.02. The maximum absolute atomic E-state index is 6.11. The third kappa shape index (κ3) is 2.42. The third-order valence-corrected chi connectivity index (χ3v) is 3.61. The van der Waals surface area contributed by atoms with Crippen LogP contribution in [0.5, 0.6) is 0 Å². The van der Waals surface area contributed by atoms with Crippen LogP contribution in [0.25, 0.3) is 5.69 Å². The molecule has 0 aliphatic heterocycles. The Balaban J connectivity index is 1.80. The molecule has 1 heterocycles. The highest BCUT2D eigenvalue weighted by atomic mass is 79.9. The highest BCUT2D eigenvalue weighted by molar-refractivity contribution is 9.10. The molecule has 0 saturated heterocycles. The summed E-state index contributed by atoms with van der Waals surface area (Å²) in [4.78, 5) is 0. The predicted octanol–water partition coefficient (Wildman–Crippen LogP) is 2.67. The molecular weight excluding hydrogens is 278 g/mol. The average Bonchev–Trinajstić information content (AvgIpc) is 2.87. The van der Waals surface area contributed by atoms with Crippen LogP contribution in [-0.2, 0) is 6.42 Å². The molecule has 1 aromatic carbocycles. The quantitative estimate of drug-likeness (QED) is 0.945. The summed E-state index contributed by atoms with van der Waals surface area (Å²) >= 11 is 3.39. The molecule has 3 nitrogen and oxygen atoms in total. The maximum atomic E-state index is 6.11. The largest absolute Gasteiger partial charge is 0.325 e. The van der Waals surface area contributed by atoms with Crippen LogP contribution in [0.1, 0.15) is 18.4 Å². The van der Waals surface area contributed by atoms with Gasteiger partial charge in [-0.05, 0) is 52.9 Å². The molecule has 1 aliphatic rings. The van der Waals surface area contributed by atoms with Gasteiger partial charge < -0.3 is 5.73 Å². The first kappa shape index (κ1) is 11.0. The Morgan fingerprint density at radius 3 is 2.53 bits per heavy atom. The summed E-state index contributed by atoms with van der Waals surface area (Å²) in [6, 6.07) is 8.44. The number of nitrogens with two attached hydrogens (primary N) is 1. The van der Waals surface area contributed by atoms with E-state index in [4.69, 9.17) is 5.73 Å². The van der Waals surface area contributed by atoms with E-state index in [9.17, 15) is 0 Å². The fourth-order valence-electron chi connectivity index (χ4n) is 1.95. The molecule has 4 heteroatoms. The molecule has 17 heavy (non-hydrogen) atoms. The van der Waals surface area contributed by atoms with Crippen molar-refractivity contribution in [2.45, 2.75) is 24.8 Å². The summed E-state index contributed by atoms with van der Waals surface area (Å²) in [6.45, 7) is 0. The van der Waals surface area contributed by atoms with E-state index < -0.39 is 0 Å². The highest BCUT2D eigenvalue weighted by Gasteiger charge is 2.37. The summed E-state index contributed by atoms with van der Waals surface area (Å²) in [5.41, 5.74) is 8.56. The van der Waals surface area contributed by atoms with E-state index in [1.807, 2.05) is 10.9 Å². The topological polar surface area (TPSA) is 43.8 Å². The number of hydrogen-bond donors (Lipinski definition) is 1. The van der Waals surface area contributed by atoms with Gasteiger partial charge in [-0.15, -0.1) is 0 Å². The molecule has 2 N–H and O–H groups in total. The van der Waals surface area contributed by atoms with Gasteiger partial charge in [-0.2, -0.15) is 5.10 Å². The number of aromatic nitrogens is 2. The molecule has 0 amide bonds. The molecule has 0 radical (unpaired) electrons. The molecule has 1 aliphatic carbocycles. The van der Waals surface area contributed by atoms with E-state index in [1.165, 1.54) is 5.56 Å². The number of nitrogens with zero attached hydrogens (tertiary/aromatic N) is 2. The van der Waals surface area contributed by atoms with Crippen LogP contribution in [0.15, 0.2) is 41.1 Å². The Morgan fingerprint density at radius 1 is 1.29 bits per heavy atom. The molecule has 1 saturated carbocycles. The van der Waals surface area contributed by atoms with Crippen molar-refractivity contribution in [3.05, 3.63) is 46.7 Å². The lowest BCUT2D eigenvalue weighted by molar-refractivity contribution is 0.672. The van der Waals surface area contributed by atoms with Crippen LogP contribution in [0.2, 0.25) is 0 Å². The van der Waals surface area contributed by atoms with Gasteiger partial charge >= 0.3 is 0 Å². The smallest absolute Gasteiger partial charge is 0.0646 e. The molecule has 3 rings (SSSR count). The summed E-state index contributed by atoms with van der Waals surface area (Å²) < 4.78 is 2.84. The zero-order valence-electron chi connectivity index (χ0n) is 9.44. The second-order valence-corrected chi connectivity index (χ2v) is 5.72. The van der Waals surface area contributed by atoms with Crippen LogP contribution in [0.3, 0.4) is 0 Å². The van der Waals surface area contributed by atoms with Crippen molar-refractivity contribution < 1.29 is 0 Å². The summed E-state index contributed by atoms with van der Waals surface area (Å²) in [5.74, 6) is 0. The summed E-state index contributed by atoms with van der Waals surface area (Å²) in [7, 11) is 0. The molecule has 0 spiro atoms. The van der Waals surface area contributed by atoms with E-state index in [0.29, 0.717) is 0 Å². The van der Waals surface area contributed by atoms with Crippen LogP contribution >= 0.6 is 15.9 Å². The number of benzene rings is 1. The minimum atomic E-state index is 0.0796. The Kier molecular flexibility index (Phi) is 2.56. The molecular formula is C13H14BrN3. The first-order valence-electron chi connectivity index (χ1n) is 5.73. The van der Waals surface area contributed by atoms with Crippen LogP contribution < -0.4 is 5.73 Å². The lowest BCUT2D eigenvalue weighted by atomic mass is 10.0. The number of rotatable bonds is 3. The minimum Gasteiger partial charge on any atom is -0.325 e. The van der Waals surface area contributed by atoms with Crippen LogP contribution in [0, 0.1) is 0 Å². The molecule has 88 valence electrons. The van der Waals surface area contributed by atoms with Crippen molar-refractivity contribution in [2.75, 3.05) is 0 Å². The monoisotopic (exact) mass is 291 g/mol. The highest BCUT2D eigenvalue weighted by Crippen LogP contribution is 2.35. The first-order valence-corrected chi connectivity index (χ1v) is 6.52. The molecule has 0 bridgehead atoms. The Hall–Kier alpha value is -1.13. The van der Waals surface area contributed by atoms with Crippen molar-refractivity contribution >= 4 is 15.9 Å². The zero-order chi connectivity index (χ0) is 11.9. The van der Waals surface area contributed by atoms with E-state index in [1.54, 1.807) is 6.20 Å². The number of hydrogen-bond acceptors (Lipinski definition) is 2. The zero-order valence-corrected chi connectivity index (χ0v) is 11.0. The van der Waals surface area contributed by atoms with Crippen LogP contribution in [0.4, 0.5) is 0 Å². The molecule has 1 fully saturated rings. The average molecular weight is 292 g/mol. The standard InChI is InChI=1S/C13H14BrN3/c14-11-8-16-17(9-11)12-3-1-10(2-4-12)7-13(15)5-6-13/h1-4,8-9H,5-7,15H2. The predicted molar refractivity (Wildman–Crippen MR) is 71.1 cm³/mol. The maximum Gasteiger partial charge on any atom is 0.0646 e. The second-order valence-electron chi connectivity index (χ2n) is 4.81. The fourth-order valence-corrected chi connectivity index (χ4v) is 2.24. The van der Waals surface area contributed by atoms with Gasteiger partial charge in [0.2, 0.25) is 0 Å². The van der Waals surface area contributed by atoms with Crippen molar-refractivity contribution in [3.63, 3.8) is 0 Å². The fraction of sp³-hybridized carbons (Fsp3) is 0.308. The lowest BCUT2D eigenvalue weighted by Gasteiger charge is -2.09. The normalized spacial score (nSPS) is 17.1. The number of halogens is 1. The van der Waals surface area contributed by atoms with Gasteiger partial charge in [0.15, 0.2) is 0 Å². The molecule has 0 atom stereocenters. The van der Waals surface area contributed by atoms with Crippen molar-refractivity contribution in [1.82, 2.24) is 9.78 Å². The van der Waals surface area contributed by atoms with Gasteiger partial charge in [-0.1, -0.05) is 12.1 Å². The van der Waals surface area contributed by atoms with Gasteiger partial charge in [0, 0.05) is 11.7 Å². The van der Waals surface area contributed by atoms with E-state index in [0.717, 1.165) is 29.4 Å². The lowest BCUT2D eigenvalue weighted by Crippen LogP contribution is -2.24. The van der Waals surface area contributed by atoms with Gasteiger partial charge in [-0.25, -0.2) is 4.68 Å². The molecule has 0 unspecified atom stereocenters. The minimum absolute atomic E-state index is 0.0796. The van der Waals surface area contributed by atoms with E-state index in [-0.39, 0.29) is 5.54 Å². The van der Waals surface area contributed by atoms with Crippen molar-refractivity contribution in [2.24, 2.45) is 5.73 Å². The van der Waals surface area contributed by atoms with Gasteiger partial charge in [-0.3, -0.25) is 0 Å². The van der Waals surface area contributed by atoms with Gasteiger partial charge in [0.1, 0.15) is 0 Å². The first-order chi connectivity index (χ1) is 8.15. The summed E-state index contributed by atoms with van der Waals surface area (Å²) in [5, 5.41) is 4.25. The third-order valence-electron chi connectivity index (χ3n) is 3.20. The van der Waals surface area contributed by atoms with E-state index in [2.05, 4.69) is 45.3 Å². The Labute approximate surface area is 109 Å². The Bertz CT molecular complexity index is 526. The van der Waals surface area contributed by atoms with Gasteiger partial charge in [0.05, 0.1) is 16.4 Å². The van der Waals surface area contributed by atoms with Crippen molar-refractivity contribution in [1.29, 1.82) is 0 Å². The van der Waals surface area contributed by atoms with Crippen molar-refractivity contribution in [3.8, 4) is 5.69 Å². The SMILES string of the molecule is NC1(Cc2ccc(-n3cc(Br)cn3)cc2)CC1. The molecule has 2 aromatic rings. The van der Waals surface area contributed by atoms with Crippen LogP contribution in [-0.4, -0.2) is 15.3 Å².